The third-order valence-electron chi connectivity index (χ3n) is 3.59. The van der Waals surface area contributed by atoms with E-state index in [1.54, 1.807) is 12.1 Å². The Morgan fingerprint density at radius 1 is 1.15 bits per heavy atom. The molecule has 1 saturated carbocycles. The SMILES string of the molecule is CC(=O)c1ccc(C(=O)NC2CCC(C(=O)O)CC2)s1. The van der Waals surface area contributed by atoms with Crippen molar-refractivity contribution in [3.05, 3.63) is 21.9 Å². The van der Waals surface area contributed by atoms with Gasteiger partial charge in [-0.25, -0.2) is 0 Å². The summed E-state index contributed by atoms with van der Waals surface area (Å²) in [6.07, 6.45) is 2.58. The monoisotopic (exact) mass is 295 g/mol. The molecule has 0 spiro atoms. The largest absolute Gasteiger partial charge is 0.481 e. The number of thiophene rings is 1. The Morgan fingerprint density at radius 2 is 1.75 bits per heavy atom. The Morgan fingerprint density at radius 3 is 2.25 bits per heavy atom. The van der Waals surface area contributed by atoms with Gasteiger partial charge in [0.25, 0.3) is 5.91 Å². The summed E-state index contributed by atoms with van der Waals surface area (Å²) in [6, 6.07) is 3.34. The van der Waals surface area contributed by atoms with Gasteiger partial charge < -0.3 is 10.4 Å². The molecule has 1 aliphatic rings. The van der Waals surface area contributed by atoms with Gasteiger partial charge in [-0.15, -0.1) is 11.3 Å². The van der Waals surface area contributed by atoms with Crippen LogP contribution < -0.4 is 5.32 Å². The van der Waals surface area contributed by atoms with E-state index in [1.165, 1.54) is 18.3 Å². The van der Waals surface area contributed by atoms with Crippen LogP contribution in [0.1, 0.15) is 52.0 Å². The molecule has 0 bridgehead atoms. The van der Waals surface area contributed by atoms with Crippen LogP contribution in [-0.2, 0) is 4.79 Å². The van der Waals surface area contributed by atoms with Crippen LogP contribution in [0.4, 0.5) is 0 Å². The molecule has 1 heterocycles. The second-order valence-electron chi connectivity index (χ2n) is 5.08. The topological polar surface area (TPSA) is 83.5 Å². The number of hydrogen-bond acceptors (Lipinski definition) is 4. The molecule has 1 amide bonds. The van der Waals surface area contributed by atoms with Gasteiger partial charge in [-0.3, -0.25) is 14.4 Å². The molecule has 5 nitrogen and oxygen atoms in total. The molecule has 0 aliphatic heterocycles. The maximum Gasteiger partial charge on any atom is 0.306 e. The van der Waals surface area contributed by atoms with Crippen molar-refractivity contribution in [2.24, 2.45) is 5.92 Å². The summed E-state index contributed by atoms with van der Waals surface area (Å²) in [4.78, 5) is 35.2. The van der Waals surface area contributed by atoms with Gasteiger partial charge in [-0.05, 0) is 44.7 Å². The van der Waals surface area contributed by atoms with E-state index in [9.17, 15) is 14.4 Å². The van der Waals surface area contributed by atoms with E-state index in [4.69, 9.17) is 5.11 Å². The number of ketones is 1. The lowest BCUT2D eigenvalue weighted by molar-refractivity contribution is -0.142. The number of Topliss-reactive ketones (excluding diaryl/α,β-unsaturated/α-hetero) is 1. The molecule has 2 rings (SSSR count). The predicted molar refractivity (Wildman–Crippen MR) is 75.2 cm³/mol. The van der Waals surface area contributed by atoms with Crippen LogP contribution >= 0.6 is 11.3 Å². The van der Waals surface area contributed by atoms with Gasteiger partial charge in [0.1, 0.15) is 0 Å². The average Bonchev–Trinajstić information content (AvgIpc) is 2.89. The number of carbonyl (C=O) groups excluding carboxylic acids is 2. The number of aliphatic carboxylic acids is 1. The summed E-state index contributed by atoms with van der Waals surface area (Å²) in [5, 5.41) is 11.8. The number of rotatable bonds is 4. The van der Waals surface area contributed by atoms with Crippen molar-refractivity contribution >= 4 is 29.0 Å². The number of nitrogens with one attached hydrogen (secondary N) is 1. The molecule has 1 aliphatic carbocycles. The Balaban J connectivity index is 1.89. The first-order valence-corrected chi connectivity index (χ1v) is 7.43. The van der Waals surface area contributed by atoms with Gasteiger partial charge in [0.05, 0.1) is 15.7 Å². The molecule has 0 atom stereocenters. The molecule has 1 aromatic heterocycles. The minimum atomic E-state index is -0.751. The molecule has 0 aromatic carbocycles. The van der Waals surface area contributed by atoms with Crippen molar-refractivity contribution in [3.8, 4) is 0 Å². The van der Waals surface area contributed by atoms with Crippen LogP contribution in [0.5, 0.6) is 0 Å². The first-order valence-electron chi connectivity index (χ1n) is 6.62. The molecular formula is C14H17NO4S. The lowest BCUT2D eigenvalue weighted by Crippen LogP contribution is -2.38. The molecule has 0 unspecified atom stereocenters. The molecule has 0 saturated heterocycles. The number of amides is 1. The van der Waals surface area contributed by atoms with Crippen LogP contribution in [0.3, 0.4) is 0 Å². The van der Waals surface area contributed by atoms with E-state index < -0.39 is 5.97 Å². The molecule has 108 valence electrons. The van der Waals surface area contributed by atoms with Gasteiger partial charge in [-0.1, -0.05) is 0 Å². The first kappa shape index (κ1) is 14.7. The number of carboxylic acids is 1. The Labute approximate surface area is 121 Å². The molecule has 1 fully saturated rings. The van der Waals surface area contributed by atoms with Crippen molar-refractivity contribution in [2.75, 3.05) is 0 Å². The molecule has 20 heavy (non-hydrogen) atoms. The summed E-state index contributed by atoms with van der Waals surface area (Å²) in [5.41, 5.74) is 0. The Kier molecular flexibility index (Phi) is 4.54. The van der Waals surface area contributed by atoms with Gasteiger partial charge >= 0.3 is 5.97 Å². The third-order valence-corrected chi connectivity index (χ3v) is 4.77. The lowest BCUT2D eigenvalue weighted by Gasteiger charge is -2.26. The Bertz CT molecular complexity index is 529. The molecule has 6 heteroatoms. The normalized spacial score (nSPS) is 22.2. The minimum Gasteiger partial charge on any atom is -0.481 e. The zero-order valence-corrected chi connectivity index (χ0v) is 12.0. The highest BCUT2D eigenvalue weighted by Gasteiger charge is 2.27. The predicted octanol–water partition coefficient (Wildman–Crippen LogP) is 2.32. The smallest absolute Gasteiger partial charge is 0.306 e. The fourth-order valence-electron chi connectivity index (χ4n) is 2.39. The van der Waals surface area contributed by atoms with Crippen molar-refractivity contribution in [1.82, 2.24) is 5.32 Å². The quantitative estimate of drug-likeness (QED) is 0.835. The van der Waals surface area contributed by atoms with Gasteiger partial charge in [-0.2, -0.15) is 0 Å². The Hall–Kier alpha value is -1.69. The first-order chi connectivity index (χ1) is 9.47. The van der Waals surface area contributed by atoms with E-state index >= 15 is 0 Å². The summed E-state index contributed by atoms with van der Waals surface area (Å²) in [6.45, 7) is 1.47. The fraction of sp³-hybridized carbons (Fsp3) is 0.500. The fourth-order valence-corrected chi connectivity index (χ4v) is 3.19. The van der Waals surface area contributed by atoms with E-state index in [0.29, 0.717) is 35.4 Å². The number of carboxylic acid groups (broad SMARTS) is 1. The highest BCUT2D eigenvalue weighted by Crippen LogP contribution is 2.25. The minimum absolute atomic E-state index is 0.0287. The van der Waals surface area contributed by atoms with Crippen LogP contribution in [0.15, 0.2) is 12.1 Å². The standard InChI is InChI=1S/C14H17NO4S/c1-8(16)11-6-7-12(20-11)13(17)15-10-4-2-9(3-5-10)14(18)19/h6-7,9-10H,2-5H2,1H3,(H,15,17)(H,18,19). The van der Waals surface area contributed by atoms with Crippen molar-refractivity contribution in [3.63, 3.8) is 0 Å². The summed E-state index contributed by atoms with van der Waals surface area (Å²) in [7, 11) is 0. The van der Waals surface area contributed by atoms with E-state index in [2.05, 4.69) is 5.32 Å². The van der Waals surface area contributed by atoms with Crippen LogP contribution in [-0.4, -0.2) is 28.8 Å². The highest BCUT2D eigenvalue weighted by atomic mass is 32.1. The second-order valence-corrected chi connectivity index (χ2v) is 6.16. The zero-order chi connectivity index (χ0) is 14.7. The van der Waals surface area contributed by atoms with Crippen molar-refractivity contribution < 1.29 is 19.5 Å². The van der Waals surface area contributed by atoms with Gasteiger partial charge in [0, 0.05) is 6.04 Å². The molecule has 2 N–H and O–H groups in total. The van der Waals surface area contributed by atoms with Gasteiger partial charge in [0.2, 0.25) is 0 Å². The van der Waals surface area contributed by atoms with Crippen LogP contribution in [0.2, 0.25) is 0 Å². The lowest BCUT2D eigenvalue weighted by atomic mass is 9.86. The highest BCUT2D eigenvalue weighted by molar-refractivity contribution is 7.15. The third kappa shape index (κ3) is 3.45. The second kappa shape index (κ2) is 6.17. The van der Waals surface area contributed by atoms with E-state index in [0.717, 1.165) is 0 Å². The average molecular weight is 295 g/mol. The van der Waals surface area contributed by atoms with Crippen molar-refractivity contribution in [1.29, 1.82) is 0 Å². The summed E-state index contributed by atoms with van der Waals surface area (Å²) in [5.74, 6) is -1.26. The zero-order valence-electron chi connectivity index (χ0n) is 11.2. The molecular weight excluding hydrogens is 278 g/mol. The maximum atomic E-state index is 12.0. The number of carbonyl (C=O) groups is 3. The molecule has 0 radical (unpaired) electrons. The van der Waals surface area contributed by atoms with Crippen LogP contribution in [0, 0.1) is 5.92 Å². The summed E-state index contributed by atoms with van der Waals surface area (Å²) < 4.78 is 0. The number of hydrogen-bond donors (Lipinski definition) is 2. The van der Waals surface area contributed by atoms with Gasteiger partial charge in [0.15, 0.2) is 5.78 Å². The van der Waals surface area contributed by atoms with Crippen molar-refractivity contribution in [2.45, 2.75) is 38.6 Å². The van der Waals surface area contributed by atoms with E-state index in [-0.39, 0.29) is 23.7 Å². The maximum absolute atomic E-state index is 12.0. The van der Waals surface area contributed by atoms with Crippen LogP contribution in [0.25, 0.3) is 0 Å². The summed E-state index contributed by atoms with van der Waals surface area (Å²) >= 11 is 1.19. The molecule has 1 aromatic rings. The van der Waals surface area contributed by atoms with E-state index in [1.807, 2.05) is 0 Å².